The number of halogens is 3. The predicted octanol–water partition coefficient (Wildman–Crippen LogP) is 3.45. The van der Waals surface area contributed by atoms with E-state index >= 15 is 0 Å². The molecule has 2 aliphatic heterocycles. The lowest BCUT2D eigenvalue weighted by atomic mass is 9.54. The van der Waals surface area contributed by atoms with Crippen molar-refractivity contribution >= 4 is 5.91 Å². The molecule has 4 aliphatic rings. The maximum Gasteiger partial charge on any atom is 0.397 e. The smallest absolute Gasteiger partial charge is 0.397 e. The molecule has 176 valence electrons. The van der Waals surface area contributed by atoms with Crippen LogP contribution in [0.5, 0.6) is 5.75 Å². The van der Waals surface area contributed by atoms with Crippen molar-refractivity contribution in [2.24, 2.45) is 11.8 Å². The van der Waals surface area contributed by atoms with Gasteiger partial charge < -0.3 is 14.8 Å². The Hall–Kier alpha value is -1.80. The Balaban J connectivity index is 1.48. The van der Waals surface area contributed by atoms with Crippen LogP contribution in [0.15, 0.2) is 18.2 Å². The summed E-state index contributed by atoms with van der Waals surface area (Å²) in [5.74, 6) is 0.782. The molecule has 5 unspecified atom stereocenters. The molecule has 32 heavy (non-hydrogen) atoms. The maximum absolute atomic E-state index is 12.7. The number of piperidine rings is 1. The number of amides is 1. The number of fused-ring (bicyclic) bond motifs is 1. The van der Waals surface area contributed by atoms with Crippen LogP contribution >= 0.6 is 0 Å². The van der Waals surface area contributed by atoms with E-state index in [1.807, 2.05) is 6.07 Å². The minimum Gasteiger partial charge on any atom is -0.497 e. The minimum absolute atomic E-state index is 0.0413. The molecule has 2 heterocycles. The summed E-state index contributed by atoms with van der Waals surface area (Å²) >= 11 is 0. The van der Waals surface area contributed by atoms with Gasteiger partial charge in [0.2, 0.25) is 5.91 Å². The van der Waals surface area contributed by atoms with Gasteiger partial charge >= 0.3 is 6.18 Å². The van der Waals surface area contributed by atoms with Crippen molar-refractivity contribution in [3.8, 4) is 5.75 Å². The van der Waals surface area contributed by atoms with Crippen LogP contribution in [-0.4, -0.2) is 62.0 Å². The number of rotatable bonds is 5. The Morgan fingerprint density at radius 3 is 2.81 bits per heavy atom. The van der Waals surface area contributed by atoms with E-state index in [0.717, 1.165) is 31.2 Å². The molecule has 2 aliphatic carbocycles. The minimum atomic E-state index is -4.52. The molecule has 3 fully saturated rings. The van der Waals surface area contributed by atoms with Gasteiger partial charge in [0, 0.05) is 24.5 Å². The van der Waals surface area contributed by atoms with E-state index in [4.69, 9.17) is 9.47 Å². The lowest BCUT2D eigenvalue weighted by Gasteiger charge is -2.62. The van der Waals surface area contributed by atoms with Gasteiger partial charge in [-0.1, -0.05) is 13.0 Å². The molecule has 1 aromatic carbocycles. The number of benzene rings is 1. The molecule has 0 spiro atoms. The second-order valence-corrected chi connectivity index (χ2v) is 10.1. The van der Waals surface area contributed by atoms with Gasteiger partial charge in [-0.05, 0) is 60.8 Å². The van der Waals surface area contributed by atoms with Crippen molar-refractivity contribution in [1.29, 1.82) is 0 Å². The van der Waals surface area contributed by atoms with Gasteiger partial charge in [0.05, 0.1) is 25.9 Å². The fourth-order valence-corrected chi connectivity index (χ4v) is 6.41. The van der Waals surface area contributed by atoms with Crippen LogP contribution in [0.1, 0.15) is 43.7 Å². The van der Waals surface area contributed by atoms with E-state index < -0.39 is 24.5 Å². The average molecular weight is 453 g/mol. The van der Waals surface area contributed by atoms with E-state index in [-0.39, 0.29) is 30.1 Å². The zero-order chi connectivity index (χ0) is 22.7. The third-order valence-electron chi connectivity index (χ3n) is 7.94. The van der Waals surface area contributed by atoms with Crippen LogP contribution in [0.3, 0.4) is 0 Å². The summed E-state index contributed by atoms with van der Waals surface area (Å²) in [7, 11) is 1.64. The van der Waals surface area contributed by atoms with Crippen LogP contribution in [0.4, 0.5) is 13.2 Å². The Labute approximate surface area is 186 Å². The Morgan fingerprint density at radius 1 is 1.34 bits per heavy atom. The van der Waals surface area contributed by atoms with E-state index in [9.17, 15) is 18.0 Å². The fraction of sp³-hybridized carbons (Fsp3) is 0.708. The summed E-state index contributed by atoms with van der Waals surface area (Å²) in [6.45, 7) is 4.49. The van der Waals surface area contributed by atoms with Crippen LogP contribution in [-0.2, 0) is 21.4 Å². The average Bonchev–Trinajstić information content (AvgIpc) is 3.54. The summed E-state index contributed by atoms with van der Waals surface area (Å²) in [5, 5.41) is 2.61. The zero-order valence-corrected chi connectivity index (χ0v) is 18.6. The first kappa shape index (κ1) is 22.0. The van der Waals surface area contributed by atoms with E-state index in [1.165, 1.54) is 24.0 Å². The van der Waals surface area contributed by atoms with Crippen molar-refractivity contribution in [3.63, 3.8) is 0 Å². The van der Waals surface area contributed by atoms with Gasteiger partial charge in [-0.2, -0.15) is 13.2 Å². The highest BCUT2D eigenvalue weighted by atomic mass is 19.4. The number of methoxy groups -OCH3 is 1. The summed E-state index contributed by atoms with van der Waals surface area (Å²) in [5.41, 5.74) is 2.07. The molecule has 2 saturated heterocycles. The largest absolute Gasteiger partial charge is 0.497 e. The van der Waals surface area contributed by atoms with Gasteiger partial charge in [-0.25, -0.2) is 0 Å². The van der Waals surface area contributed by atoms with Crippen molar-refractivity contribution in [2.45, 2.75) is 68.8 Å². The van der Waals surface area contributed by atoms with Gasteiger partial charge in [0.25, 0.3) is 0 Å². The molecule has 5 atom stereocenters. The number of carbonyl (C=O) groups excluding carboxylic acids is 1. The van der Waals surface area contributed by atoms with E-state index in [0.29, 0.717) is 6.42 Å². The summed E-state index contributed by atoms with van der Waals surface area (Å²) in [6, 6.07) is 5.98. The van der Waals surface area contributed by atoms with Crippen LogP contribution in [0, 0.1) is 11.8 Å². The standard InChI is InChI=1S/C24H31F3N2O3/c1-14-11-29(12-15-3-4-15)20-7-16-5-6-18(31-2)8-19(16)23(14)9-17(13-32-22(20)23)28-21(30)10-24(25,26)27/h5-6,8,14-15,17,20,22H,3-4,7,9-13H2,1-2H3,(H,28,30). The Kier molecular flexibility index (Phi) is 5.44. The van der Waals surface area contributed by atoms with Crippen LogP contribution in [0.2, 0.25) is 0 Å². The van der Waals surface area contributed by atoms with Crippen molar-refractivity contribution in [3.05, 3.63) is 29.3 Å². The summed E-state index contributed by atoms with van der Waals surface area (Å²) in [4.78, 5) is 14.6. The molecule has 0 radical (unpaired) electrons. The molecule has 0 aromatic heterocycles. The first-order chi connectivity index (χ1) is 15.2. The molecule has 2 bridgehead atoms. The third-order valence-corrected chi connectivity index (χ3v) is 7.94. The number of nitrogens with zero attached hydrogens (tertiary/aromatic N) is 1. The number of likely N-dealkylation sites (tertiary alicyclic amines) is 1. The quantitative estimate of drug-likeness (QED) is 0.744. The highest BCUT2D eigenvalue weighted by molar-refractivity contribution is 5.77. The van der Waals surface area contributed by atoms with Gasteiger partial charge in [-0.3, -0.25) is 9.69 Å². The van der Waals surface area contributed by atoms with Gasteiger partial charge in [-0.15, -0.1) is 0 Å². The van der Waals surface area contributed by atoms with E-state index in [2.05, 4.69) is 29.3 Å². The Morgan fingerprint density at radius 2 is 2.12 bits per heavy atom. The SMILES string of the molecule is COc1ccc2c(c1)C13CC(NC(=O)CC(F)(F)F)COC1C(C2)N(CC1CC1)CC3C. The number of hydrogen-bond donors (Lipinski definition) is 1. The lowest BCUT2D eigenvalue weighted by molar-refractivity contribution is -0.166. The molecule has 5 nitrogen and oxygen atoms in total. The van der Waals surface area contributed by atoms with Gasteiger partial charge in [0.15, 0.2) is 0 Å². The highest BCUT2D eigenvalue weighted by Crippen LogP contribution is 2.54. The van der Waals surface area contributed by atoms with Crippen LogP contribution in [0.25, 0.3) is 0 Å². The zero-order valence-electron chi connectivity index (χ0n) is 18.6. The number of hydrogen-bond acceptors (Lipinski definition) is 4. The van der Waals surface area contributed by atoms with Crippen molar-refractivity contribution in [2.75, 3.05) is 26.8 Å². The highest BCUT2D eigenvalue weighted by Gasteiger charge is 2.60. The molecule has 1 saturated carbocycles. The molecule has 5 rings (SSSR count). The van der Waals surface area contributed by atoms with Gasteiger partial charge in [0.1, 0.15) is 12.2 Å². The predicted molar refractivity (Wildman–Crippen MR) is 113 cm³/mol. The number of alkyl halides is 3. The third kappa shape index (κ3) is 3.89. The topological polar surface area (TPSA) is 50.8 Å². The van der Waals surface area contributed by atoms with Crippen molar-refractivity contribution in [1.82, 2.24) is 10.2 Å². The molecular weight excluding hydrogens is 421 g/mol. The second-order valence-electron chi connectivity index (χ2n) is 10.1. The number of ether oxygens (including phenoxy) is 2. The normalized spacial score (nSPS) is 34.4. The molecule has 1 aromatic rings. The van der Waals surface area contributed by atoms with Crippen LogP contribution < -0.4 is 10.1 Å². The molecular formula is C24H31F3N2O3. The summed E-state index contributed by atoms with van der Waals surface area (Å²) < 4.78 is 50.1. The van der Waals surface area contributed by atoms with Crippen molar-refractivity contribution < 1.29 is 27.4 Å². The van der Waals surface area contributed by atoms with E-state index in [1.54, 1.807) is 7.11 Å². The first-order valence-electron chi connectivity index (χ1n) is 11.6. The molecule has 1 N–H and O–H groups in total. The fourth-order valence-electron chi connectivity index (χ4n) is 6.41. The summed E-state index contributed by atoms with van der Waals surface area (Å²) in [6.07, 6.45) is -1.97. The maximum atomic E-state index is 12.7. The Bertz CT molecular complexity index is 888. The number of nitrogens with one attached hydrogen (secondary N) is 1. The number of carbonyl (C=O) groups is 1. The lowest BCUT2D eigenvalue weighted by Crippen LogP contribution is -2.71. The monoisotopic (exact) mass is 452 g/mol. The first-order valence-corrected chi connectivity index (χ1v) is 11.6. The molecule has 1 amide bonds. The molecule has 8 heteroatoms. The second kappa shape index (κ2) is 7.90.